The maximum Gasteiger partial charge on any atom is 0.489 e. The van der Waals surface area contributed by atoms with Gasteiger partial charge in [-0.1, -0.05) is 6.07 Å². The molecule has 4 aromatic rings. The van der Waals surface area contributed by atoms with Crippen LogP contribution in [0.25, 0.3) is 22.6 Å². The third kappa shape index (κ3) is 2.59. The Morgan fingerprint density at radius 3 is 2.60 bits per heavy atom. The van der Waals surface area contributed by atoms with Crippen molar-refractivity contribution in [3.8, 4) is 11.4 Å². The third-order valence-electron chi connectivity index (χ3n) is 4.00. The number of rotatable bonds is 2. The molecule has 8 nitrogen and oxygen atoms in total. The Labute approximate surface area is 142 Å². The number of hydrogen-bond donors (Lipinski definition) is 2. The maximum absolute atomic E-state index is 12.4. The highest BCUT2D eigenvalue weighted by molar-refractivity contribution is 6.58. The second-order valence-corrected chi connectivity index (χ2v) is 5.87. The van der Waals surface area contributed by atoms with Gasteiger partial charge in [0.25, 0.3) is 5.56 Å². The fourth-order valence-electron chi connectivity index (χ4n) is 2.82. The van der Waals surface area contributed by atoms with Gasteiger partial charge in [0.05, 0.1) is 28.8 Å². The minimum absolute atomic E-state index is 0.217. The van der Waals surface area contributed by atoms with Gasteiger partial charge < -0.3 is 10.0 Å². The Kier molecular flexibility index (Phi) is 3.41. The molecule has 25 heavy (non-hydrogen) atoms. The predicted octanol–water partition coefficient (Wildman–Crippen LogP) is -0.299. The van der Waals surface area contributed by atoms with E-state index in [1.807, 2.05) is 26.1 Å². The maximum atomic E-state index is 12.4. The van der Waals surface area contributed by atoms with E-state index < -0.39 is 7.12 Å². The smallest absolute Gasteiger partial charge is 0.423 e. The summed E-state index contributed by atoms with van der Waals surface area (Å²) in [5.41, 5.74) is 3.85. The molecule has 0 unspecified atom stereocenters. The third-order valence-corrected chi connectivity index (χ3v) is 4.00. The molecule has 0 aromatic carbocycles. The summed E-state index contributed by atoms with van der Waals surface area (Å²) in [6, 6.07) is 6.29. The molecule has 9 heteroatoms. The summed E-state index contributed by atoms with van der Waals surface area (Å²) in [6.07, 6.45) is 3.18. The highest BCUT2D eigenvalue weighted by Gasteiger charge is 2.14. The number of aromatic nitrogens is 5. The Bertz CT molecular complexity index is 1180. The summed E-state index contributed by atoms with van der Waals surface area (Å²) in [6.45, 7) is 3.79. The first kappa shape index (κ1) is 15.5. The molecular formula is C16H14BN5O3. The lowest BCUT2D eigenvalue weighted by Crippen LogP contribution is -2.32. The second kappa shape index (κ2) is 5.50. The van der Waals surface area contributed by atoms with Crippen molar-refractivity contribution in [2.24, 2.45) is 0 Å². The predicted molar refractivity (Wildman–Crippen MR) is 92.7 cm³/mol. The first-order chi connectivity index (χ1) is 11.9. The Morgan fingerprint density at radius 1 is 1.04 bits per heavy atom. The summed E-state index contributed by atoms with van der Waals surface area (Å²) in [5, 5.41) is 23.0. The normalized spacial score (nSPS) is 11.4. The van der Waals surface area contributed by atoms with E-state index in [1.165, 1.54) is 22.7 Å². The van der Waals surface area contributed by atoms with Crippen LogP contribution in [0, 0.1) is 13.8 Å². The highest BCUT2D eigenvalue weighted by Crippen LogP contribution is 2.19. The van der Waals surface area contributed by atoms with Gasteiger partial charge in [-0.2, -0.15) is 5.10 Å². The Hall–Kier alpha value is -3.04. The lowest BCUT2D eigenvalue weighted by molar-refractivity contribution is 0.425. The highest BCUT2D eigenvalue weighted by atomic mass is 16.4. The van der Waals surface area contributed by atoms with E-state index in [0.29, 0.717) is 17.0 Å². The molecule has 124 valence electrons. The van der Waals surface area contributed by atoms with E-state index in [-0.39, 0.29) is 11.0 Å². The van der Waals surface area contributed by atoms with Crippen LogP contribution in [0.2, 0.25) is 0 Å². The zero-order valence-corrected chi connectivity index (χ0v) is 13.6. The average molecular weight is 335 g/mol. The Morgan fingerprint density at radius 2 is 1.84 bits per heavy atom. The Balaban J connectivity index is 1.91. The first-order valence-corrected chi connectivity index (χ1v) is 7.66. The summed E-state index contributed by atoms with van der Waals surface area (Å²) >= 11 is 0. The van der Waals surface area contributed by atoms with E-state index in [2.05, 4.69) is 15.1 Å². The van der Waals surface area contributed by atoms with Gasteiger partial charge in [-0.15, -0.1) is 0 Å². The molecule has 0 bridgehead atoms. The SMILES string of the molecule is Cc1cn2nc(-c3cc(=O)n4cc(B(O)O)ccc4n3)cc2c(C)n1. The zero-order valence-electron chi connectivity index (χ0n) is 13.6. The van der Waals surface area contributed by atoms with E-state index in [9.17, 15) is 14.8 Å². The van der Waals surface area contributed by atoms with Gasteiger partial charge in [-0.05, 0) is 31.4 Å². The van der Waals surface area contributed by atoms with Crippen molar-refractivity contribution in [3.63, 3.8) is 0 Å². The molecule has 0 spiro atoms. The van der Waals surface area contributed by atoms with E-state index >= 15 is 0 Å². The molecule has 0 aliphatic carbocycles. The topological polar surface area (TPSA) is 105 Å². The molecule has 4 heterocycles. The van der Waals surface area contributed by atoms with Crippen molar-refractivity contribution in [1.82, 2.24) is 24.0 Å². The van der Waals surface area contributed by atoms with E-state index in [0.717, 1.165) is 16.9 Å². The minimum atomic E-state index is -1.65. The number of hydrogen-bond acceptors (Lipinski definition) is 6. The second-order valence-electron chi connectivity index (χ2n) is 5.87. The van der Waals surface area contributed by atoms with Gasteiger partial charge in [0, 0.05) is 12.3 Å². The quantitative estimate of drug-likeness (QED) is 0.488. The van der Waals surface area contributed by atoms with Crippen LogP contribution in [0.15, 0.2) is 41.5 Å². The number of pyridine rings is 1. The summed E-state index contributed by atoms with van der Waals surface area (Å²) in [5.74, 6) is 0. The molecular weight excluding hydrogens is 321 g/mol. The van der Waals surface area contributed by atoms with Crippen LogP contribution in [-0.2, 0) is 0 Å². The van der Waals surface area contributed by atoms with Crippen molar-refractivity contribution in [1.29, 1.82) is 0 Å². The van der Waals surface area contributed by atoms with E-state index in [4.69, 9.17) is 0 Å². The molecule has 0 radical (unpaired) electrons. The standard InChI is InChI=1S/C16H14BN5O3/c1-9-7-22-14(10(2)18-9)5-13(20-22)12-6-16(23)21-8-11(17(24)25)3-4-15(21)19-12/h3-8,24-25H,1-2H3. The molecule has 0 fully saturated rings. The van der Waals surface area contributed by atoms with Crippen LogP contribution in [0.4, 0.5) is 0 Å². The molecule has 2 N–H and O–H groups in total. The zero-order chi connectivity index (χ0) is 17.7. The number of nitrogens with zero attached hydrogens (tertiary/aromatic N) is 5. The van der Waals surface area contributed by atoms with Crippen molar-refractivity contribution in [2.75, 3.05) is 0 Å². The lowest BCUT2D eigenvalue weighted by atomic mass is 9.82. The van der Waals surface area contributed by atoms with Crippen LogP contribution in [0.5, 0.6) is 0 Å². The summed E-state index contributed by atoms with van der Waals surface area (Å²) < 4.78 is 2.99. The van der Waals surface area contributed by atoms with Crippen molar-refractivity contribution in [2.45, 2.75) is 13.8 Å². The summed E-state index contributed by atoms with van der Waals surface area (Å²) in [4.78, 5) is 21.3. The average Bonchev–Trinajstić information content (AvgIpc) is 2.98. The first-order valence-electron chi connectivity index (χ1n) is 7.66. The van der Waals surface area contributed by atoms with Gasteiger partial charge in [-0.25, -0.2) is 9.50 Å². The van der Waals surface area contributed by atoms with Gasteiger partial charge in [0.15, 0.2) is 0 Å². The molecule has 0 aliphatic heterocycles. The minimum Gasteiger partial charge on any atom is -0.423 e. The van der Waals surface area contributed by atoms with Crippen LogP contribution in [0.3, 0.4) is 0 Å². The fraction of sp³-hybridized carbons (Fsp3) is 0.125. The molecule has 0 aliphatic rings. The molecule has 0 amide bonds. The van der Waals surface area contributed by atoms with Crippen molar-refractivity contribution in [3.05, 3.63) is 58.4 Å². The van der Waals surface area contributed by atoms with Gasteiger partial charge >= 0.3 is 7.12 Å². The monoisotopic (exact) mass is 335 g/mol. The van der Waals surface area contributed by atoms with Crippen molar-refractivity contribution >= 4 is 23.7 Å². The van der Waals surface area contributed by atoms with Crippen LogP contribution < -0.4 is 11.0 Å². The molecule has 0 atom stereocenters. The molecule has 0 saturated carbocycles. The van der Waals surface area contributed by atoms with Crippen LogP contribution >= 0.6 is 0 Å². The number of aryl methyl sites for hydroxylation is 2. The lowest BCUT2D eigenvalue weighted by Gasteiger charge is -2.05. The molecule has 0 saturated heterocycles. The van der Waals surface area contributed by atoms with Gasteiger partial charge in [0.2, 0.25) is 0 Å². The van der Waals surface area contributed by atoms with Crippen LogP contribution in [-0.4, -0.2) is 41.1 Å². The van der Waals surface area contributed by atoms with Gasteiger partial charge in [-0.3, -0.25) is 14.2 Å². The van der Waals surface area contributed by atoms with E-state index in [1.54, 1.807) is 10.6 Å². The van der Waals surface area contributed by atoms with Gasteiger partial charge in [0.1, 0.15) is 11.3 Å². The largest absolute Gasteiger partial charge is 0.489 e. The number of fused-ring (bicyclic) bond motifs is 2. The fourth-order valence-corrected chi connectivity index (χ4v) is 2.82. The molecule has 4 aromatic heterocycles. The van der Waals surface area contributed by atoms with Crippen molar-refractivity contribution < 1.29 is 10.0 Å². The van der Waals surface area contributed by atoms with Crippen LogP contribution in [0.1, 0.15) is 11.4 Å². The summed E-state index contributed by atoms with van der Waals surface area (Å²) in [7, 11) is -1.65. The molecule has 4 rings (SSSR count).